The highest BCUT2D eigenvalue weighted by Crippen LogP contribution is 2.24. The van der Waals surface area contributed by atoms with Crippen molar-refractivity contribution in [2.45, 2.75) is 13.8 Å². The first kappa shape index (κ1) is 13.6. The highest BCUT2D eigenvalue weighted by molar-refractivity contribution is 7.14. The Morgan fingerprint density at radius 3 is 2.68 bits per heavy atom. The van der Waals surface area contributed by atoms with E-state index in [0.29, 0.717) is 21.2 Å². The van der Waals surface area contributed by atoms with E-state index < -0.39 is 0 Å². The number of rotatable bonds is 2. The topological polar surface area (TPSA) is 52.9 Å². The molecule has 2 rings (SSSR count). The molecule has 1 aromatic heterocycles. The fraction of sp³-hybridized carbons (Fsp3) is 0.143. The largest absolute Gasteiger partial charge is 0.320 e. The van der Waals surface area contributed by atoms with Gasteiger partial charge in [-0.25, -0.2) is 0 Å². The third-order valence-electron chi connectivity index (χ3n) is 2.74. The minimum absolute atomic E-state index is 0.222. The highest BCUT2D eigenvalue weighted by Gasteiger charge is 2.13. The second kappa shape index (κ2) is 5.43. The van der Waals surface area contributed by atoms with E-state index in [-0.39, 0.29) is 5.91 Å². The van der Waals surface area contributed by atoms with Crippen molar-refractivity contribution in [1.82, 2.24) is 0 Å². The predicted octanol–water partition coefficient (Wildman–Crippen LogP) is 4.14. The maximum Gasteiger partial charge on any atom is 0.265 e. The summed E-state index contributed by atoms with van der Waals surface area (Å²) < 4.78 is 0. The van der Waals surface area contributed by atoms with Crippen molar-refractivity contribution in [3.8, 4) is 6.07 Å². The van der Waals surface area contributed by atoms with Crippen LogP contribution in [-0.4, -0.2) is 5.91 Å². The molecule has 0 unspecified atom stereocenters. The van der Waals surface area contributed by atoms with Crippen LogP contribution < -0.4 is 5.32 Å². The Labute approximate surface area is 120 Å². The van der Waals surface area contributed by atoms with Crippen molar-refractivity contribution in [2.24, 2.45) is 0 Å². The van der Waals surface area contributed by atoms with Gasteiger partial charge in [0.25, 0.3) is 5.91 Å². The van der Waals surface area contributed by atoms with Crippen molar-refractivity contribution >= 4 is 34.5 Å². The van der Waals surface area contributed by atoms with Crippen LogP contribution in [0.15, 0.2) is 24.3 Å². The van der Waals surface area contributed by atoms with Crippen molar-refractivity contribution in [3.63, 3.8) is 0 Å². The summed E-state index contributed by atoms with van der Waals surface area (Å²) in [5.74, 6) is -0.222. The second-order valence-electron chi connectivity index (χ2n) is 4.11. The van der Waals surface area contributed by atoms with Gasteiger partial charge in [-0.1, -0.05) is 11.6 Å². The van der Waals surface area contributed by atoms with Gasteiger partial charge >= 0.3 is 0 Å². The summed E-state index contributed by atoms with van der Waals surface area (Å²) in [7, 11) is 0. The third-order valence-corrected chi connectivity index (χ3v) is 4.13. The standard InChI is InChI=1S/C14H11ClN2OS/c1-8-5-13(19-9(8)2)14(18)17-12-6-11(15)4-3-10(12)7-16/h3-6H,1-2H3,(H,17,18). The summed E-state index contributed by atoms with van der Waals surface area (Å²) in [5.41, 5.74) is 1.91. The SMILES string of the molecule is Cc1cc(C(=O)Nc2cc(Cl)ccc2C#N)sc1C. The van der Waals surface area contributed by atoms with Crippen LogP contribution in [0.5, 0.6) is 0 Å². The van der Waals surface area contributed by atoms with Gasteiger partial charge < -0.3 is 5.32 Å². The maximum absolute atomic E-state index is 12.1. The Morgan fingerprint density at radius 2 is 2.11 bits per heavy atom. The zero-order valence-corrected chi connectivity index (χ0v) is 12.0. The number of thiophene rings is 1. The molecule has 0 spiro atoms. The number of benzene rings is 1. The Kier molecular flexibility index (Phi) is 3.89. The van der Waals surface area contributed by atoms with Gasteiger partial charge in [0, 0.05) is 9.90 Å². The van der Waals surface area contributed by atoms with Crippen molar-refractivity contribution in [1.29, 1.82) is 5.26 Å². The molecule has 2 aromatic rings. The van der Waals surface area contributed by atoms with Gasteiger partial charge in [0.2, 0.25) is 0 Å². The summed E-state index contributed by atoms with van der Waals surface area (Å²) >= 11 is 7.31. The van der Waals surface area contributed by atoms with Crippen LogP contribution in [0.1, 0.15) is 25.7 Å². The molecule has 0 bridgehead atoms. The number of carbonyl (C=O) groups is 1. The molecule has 96 valence electrons. The van der Waals surface area contributed by atoms with Crippen molar-refractivity contribution < 1.29 is 4.79 Å². The molecule has 0 aliphatic heterocycles. The van der Waals surface area contributed by atoms with Gasteiger partial charge in [-0.15, -0.1) is 11.3 Å². The van der Waals surface area contributed by atoms with Crippen molar-refractivity contribution in [3.05, 3.63) is 50.2 Å². The van der Waals surface area contributed by atoms with Crippen LogP contribution >= 0.6 is 22.9 Å². The number of hydrogen-bond acceptors (Lipinski definition) is 3. The van der Waals surface area contributed by atoms with E-state index in [2.05, 4.69) is 5.32 Å². The molecule has 1 aromatic carbocycles. The molecule has 0 saturated heterocycles. The third kappa shape index (κ3) is 2.95. The number of amides is 1. The van der Waals surface area contributed by atoms with Crippen LogP contribution in [0.3, 0.4) is 0 Å². The Balaban J connectivity index is 2.29. The molecule has 1 N–H and O–H groups in total. The number of halogens is 1. The van der Waals surface area contributed by atoms with E-state index in [0.717, 1.165) is 10.4 Å². The molecule has 3 nitrogen and oxygen atoms in total. The van der Waals surface area contributed by atoms with Gasteiger partial charge in [0.05, 0.1) is 16.1 Å². The lowest BCUT2D eigenvalue weighted by molar-refractivity contribution is 0.103. The average molecular weight is 291 g/mol. The van der Waals surface area contributed by atoms with Gasteiger partial charge in [0.1, 0.15) is 6.07 Å². The minimum atomic E-state index is -0.222. The number of hydrogen-bond donors (Lipinski definition) is 1. The number of aryl methyl sites for hydroxylation is 2. The van der Waals surface area contributed by atoms with E-state index >= 15 is 0 Å². The quantitative estimate of drug-likeness (QED) is 0.903. The van der Waals surface area contributed by atoms with Gasteiger partial charge in [-0.3, -0.25) is 4.79 Å². The van der Waals surface area contributed by atoms with E-state index in [1.807, 2.05) is 26.0 Å². The molecule has 0 radical (unpaired) electrons. The van der Waals surface area contributed by atoms with Crippen LogP contribution in [0.2, 0.25) is 5.02 Å². The van der Waals surface area contributed by atoms with Crippen LogP contribution in [0.25, 0.3) is 0 Å². The van der Waals surface area contributed by atoms with E-state index in [9.17, 15) is 4.79 Å². The smallest absolute Gasteiger partial charge is 0.265 e. The predicted molar refractivity (Wildman–Crippen MR) is 77.9 cm³/mol. The van der Waals surface area contributed by atoms with E-state index in [1.165, 1.54) is 11.3 Å². The molecule has 1 amide bonds. The molecule has 0 atom stereocenters. The normalized spacial score (nSPS) is 10.0. The fourth-order valence-electron chi connectivity index (χ4n) is 1.59. The summed E-state index contributed by atoms with van der Waals surface area (Å²) in [6, 6.07) is 8.65. The summed E-state index contributed by atoms with van der Waals surface area (Å²) in [6.45, 7) is 3.93. The Hall–Kier alpha value is -1.83. The van der Waals surface area contributed by atoms with E-state index in [1.54, 1.807) is 18.2 Å². The minimum Gasteiger partial charge on any atom is -0.320 e. The molecular formula is C14H11ClN2OS. The number of nitrogens with one attached hydrogen (secondary N) is 1. The fourth-order valence-corrected chi connectivity index (χ4v) is 2.69. The molecular weight excluding hydrogens is 280 g/mol. The summed E-state index contributed by atoms with van der Waals surface area (Å²) in [6.07, 6.45) is 0. The first-order valence-corrected chi connectivity index (χ1v) is 6.78. The lowest BCUT2D eigenvalue weighted by Crippen LogP contribution is -2.11. The van der Waals surface area contributed by atoms with Crippen LogP contribution in [0.4, 0.5) is 5.69 Å². The number of anilines is 1. The summed E-state index contributed by atoms with van der Waals surface area (Å²) in [4.78, 5) is 13.8. The van der Waals surface area contributed by atoms with Gasteiger partial charge in [0.15, 0.2) is 0 Å². The summed E-state index contributed by atoms with van der Waals surface area (Å²) in [5, 5.41) is 12.2. The first-order valence-electron chi connectivity index (χ1n) is 5.59. The maximum atomic E-state index is 12.1. The average Bonchev–Trinajstić information content (AvgIpc) is 2.70. The van der Waals surface area contributed by atoms with Crippen LogP contribution in [-0.2, 0) is 0 Å². The Bertz CT molecular complexity index is 666. The number of nitriles is 1. The first-order chi connectivity index (χ1) is 9.01. The molecule has 1 heterocycles. The lowest BCUT2D eigenvalue weighted by Gasteiger charge is -2.06. The molecule has 0 aliphatic carbocycles. The van der Waals surface area contributed by atoms with Crippen molar-refractivity contribution in [2.75, 3.05) is 5.32 Å². The molecule has 19 heavy (non-hydrogen) atoms. The van der Waals surface area contributed by atoms with Gasteiger partial charge in [-0.2, -0.15) is 5.26 Å². The van der Waals surface area contributed by atoms with E-state index in [4.69, 9.17) is 16.9 Å². The van der Waals surface area contributed by atoms with Crippen LogP contribution in [0, 0.1) is 25.2 Å². The lowest BCUT2D eigenvalue weighted by atomic mass is 10.2. The number of nitrogens with zero attached hydrogens (tertiary/aromatic N) is 1. The highest BCUT2D eigenvalue weighted by atomic mass is 35.5. The zero-order valence-electron chi connectivity index (χ0n) is 10.5. The molecule has 0 aliphatic rings. The van der Waals surface area contributed by atoms with Gasteiger partial charge in [-0.05, 0) is 43.7 Å². The zero-order chi connectivity index (χ0) is 14.0. The second-order valence-corrected chi connectivity index (χ2v) is 5.80. The monoisotopic (exact) mass is 290 g/mol. The number of carbonyl (C=O) groups excluding carboxylic acids is 1. The molecule has 0 fully saturated rings. The molecule has 5 heteroatoms. The Morgan fingerprint density at radius 1 is 1.37 bits per heavy atom. The molecule has 0 saturated carbocycles.